The van der Waals surface area contributed by atoms with Crippen molar-refractivity contribution in [1.29, 1.82) is 0 Å². The first-order valence-electron chi connectivity index (χ1n) is 8.38. The topological polar surface area (TPSA) is 46.3 Å². The minimum Gasteiger partial charge on any atom is -0.441 e. The number of thiophene rings is 1. The molecule has 0 bridgehead atoms. The predicted molar refractivity (Wildman–Crippen MR) is 90.3 cm³/mol. The third kappa shape index (κ3) is 3.07. The maximum atomic E-state index is 12.7. The third-order valence-electron chi connectivity index (χ3n) is 5.03. The molecule has 2 heterocycles. The van der Waals surface area contributed by atoms with Gasteiger partial charge in [-0.25, -0.2) is 4.98 Å². The number of carbonyl (C=O) groups is 1. The van der Waals surface area contributed by atoms with E-state index in [0.29, 0.717) is 18.4 Å². The van der Waals surface area contributed by atoms with Crippen molar-refractivity contribution >= 4 is 17.2 Å². The highest BCUT2D eigenvalue weighted by Crippen LogP contribution is 2.46. The number of likely N-dealkylation sites (N-methyl/N-ethyl adjacent to an activating group) is 1. The van der Waals surface area contributed by atoms with E-state index in [1.165, 1.54) is 25.7 Å². The van der Waals surface area contributed by atoms with E-state index < -0.39 is 0 Å². The lowest BCUT2D eigenvalue weighted by Crippen LogP contribution is -2.41. The lowest BCUT2D eigenvalue weighted by Gasteiger charge is -2.28. The second-order valence-corrected chi connectivity index (χ2v) is 7.66. The summed E-state index contributed by atoms with van der Waals surface area (Å²) >= 11 is 1.62. The van der Waals surface area contributed by atoms with Crippen LogP contribution in [0.2, 0.25) is 0 Å². The van der Waals surface area contributed by atoms with Crippen LogP contribution in [-0.2, 0) is 11.2 Å². The highest BCUT2D eigenvalue weighted by atomic mass is 32.1. The largest absolute Gasteiger partial charge is 0.441 e. The first-order valence-corrected chi connectivity index (χ1v) is 9.32. The van der Waals surface area contributed by atoms with Crippen LogP contribution in [0.1, 0.15) is 37.1 Å². The van der Waals surface area contributed by atoms with E-state index in [0.717, 1.165) is 28.9 Å². The lowest BCUT2D eigenvalue weighted by atomic mass is 10.1. The standard InChI is InChI=1S/C18H22N2O2S/c1-11-15(19-18(22-11)14-7-8-23-10-14)9-16(21)20(2)17(12-3-4-12)13-5-6-13/h7-8,10,12-13,17H,3-6,9H2,1-2H3. The van der Waals surface area contributed by atoms with Crippen molar-refractivity contribution in [1.82, 2.24) is 9.88 Å². The number of nitrogens with zero attached hydrogens (tertiary/aromatic N) is 2. The van der Waals surface area contributed by atoms with Crippen LogP contribution in [0.15, 0.2) is 21.2 Å². The lowest BCUT2D eigenvalue weighted by molar-refractivity contribution is -0.132. The van der Waals surface area contributed by atoms with Gasteiger partial charge in [0.15, 0.2) is 0 Å². The van der Waals surface area contributed by atoms with E-state index in [1.54, 1.807) is 11.3 Å². The zero-order valence-electron chi connectivity index (χ0n) is 13.6. The fourth-order valence-electron chi connectivity index (χ4n) is 3.43. The van der Waals surface area contributed by atoms with Crippen LogP contribution in [-0.4, -0.2) is 28.9 Å². The number of hydrogen-bond donors (Lipinski definition) is 0. The summed E-state index contributed by atoms with van der Waals surface area (Å²) in [6.07, 6.45) is 5.47. The number of oxazole rings is 1. The van der Waals surface area contributed by atoms with Crippen molar-refractivity contribution in [2.75, 3.05) is 7.05 Å². The monoisotopic (exact) mass is 330 g/mol. The molecule has 2 aliphatic rings. The van der Waals surface area contributed by atoms with Gasteiger partial charge in [-0.15, -0.1) is 0 Å². The van der Waals surface area contributed by atoms with Crippen LogP contribution >= 0.6 is 11.3 Å². The Kier molecular flexibility index (Phi) is 3.76. The van der Waals surface area contributed by atoms with Gasteiger partial charge in [0.2, 0.25) is 11.8 Å². The van der Waals surface area contributed by atoms with Gasteiger partial charge in [-0.2, -0.15) is 11.3 Å². The number of amides is 1. The second kappa shape index (κ2) is 5.78. The molecule has 2 aliphatic carbocycles. The van der Waals surface area contributed by atoms with Crippen LogP contribution in [0.25, 0.3) is 11.5 Å². The smallest absolute Gasteiger partial charge is 0.228 e. The van der Waals surface area contributed by atoms with Gasteiger partial charge in [0, 0.05) is 24.0 Å². The van der Waals surface area contributed by atoms with Gasteiger partial charge in [-0.1, -0.05) is 0 Å². The van der Waals surface area contributed by atoms with Gasteiger partial charge in [0.05, 0.1) is 12.1 Å². The molecule has 0 radical (unpaired) electrons. The molecular weight excluding hydrogens is 308 g/mol. The van der Waals surface area contributed by atoms with E-state index in [-0.39, 0.29) is 5.91 Å². The zero-order valence-corrected chi connectivity index (χ0v) is 14.4. The van der Waals surface area contributed by atoms with E-state index in [1.807, 2.05) is 35.7 Å². The fourth-order valence-corrected chi connectivity index (χ4v) is 4.06. The normalized spacial score (nSPS) is 17.7. The highest BCUT2D eigenvalue weighted by molar-refractivity contribution is 7.08. The van der Waals surface area contributed by atoms with Crippen molar-refractivity contribution in [2.24, 2.45) is 11.8 Å². The molecule has 0 aliphatic heterocycles. The van der Waals surface area contributed by atoms with Gasteiger partial charge in [-0.3, -0.25) is 4.79 Å². The third-order valence-corrected chi connectivity index (χ3v) is 5.71. The van der Waals surface area contributed by atoms with Crippen LogP contribution in [0, 0.1) is 18.8 Å². The minimum atomic E-state index is 0.169. The zero-order chi connectivity index (χ0) is 16.0. The fraction of sp³-hybridized carbons (Fsp3) is 0.556. The van der Waals surface area contributed by atoms with E-state index >= 15 is 0 Å². The summed E-state index contributed by atoms with van der Waals surface area (Å²) in [4.78, 5) is 19.3. The molecule has 0 spiro atoms. The SMILES string of the molecule is Cc1oc(-c2ccsc2)nc1CC(=O)N(C)C(C1CC1)C1CC1. The van der Waals surface area contributed by atoms with Crippen molar-refractivity contribution in [3.05, 3.63) is 28.3 Å². The molecule has 5 heteroatoms. The van der Waals surface area contributed by atoms with Crippen LogP contribution in [0.5, 0.6) is 0 Å². The molecule has 2 aromatic heterocycles. The Morgan fingerprint density at radius 1 is 1.39 bits per heavy atom. The van der Waals surface area contributed by atoms with Crippen molar-refractivity contribution in [3.8, 4) is 11.5 Å². The number of aromatic nitrogens is 1. The highest BCUT2D eigenvalue weighted by Gasteiger charge is 2.44. The van der Waals surface area contributed by atoms with Gasteiger partial charge in [0.25, 0.3) is 0 Å². The van der Waals surface area contributed by atoms with Gasteiger partial charge >= 0.3 is 0 Å². The Bertz CT molecular complexity index is 687. The second-order valence-electron chi connectivity index (χ2n) is 6.88. The molecule has 0 aromatic carbocycles. The number of hydrogen-bond acceptors (Lipinski definition) is 4. The average Bonchev–Trinajstić information content (AvgIpc) is 3.45. The molecule has 4 nitrogen and oxygen atoms in total. The van der Waals surface area contributed by atoms with E-state index in [9.17, 15) is 4.79 Å². The Morgan fingerprint density at radius 2 is 2.09 bits per heavy atom. The average molecular weight is 330 g/mol. The van der Waals surface area contributed by atoms with Crippen molar-refractivity contribution in [3.63, 3.8) is 0 Å². The summed E-state index contributed by atoms with van der Waals surface area (Å²) in [7, 11) is 1.97. The van der Waals surface area contributed by atoms with Crippen molar-refractivity contribution < 1.29 is 9.21 Å². The molecular formula is C18H22N2O2S. The van der Waals surface area contributed by atoms with Gasteiger partial charge < -0.3 is 9.32 Å². The molecule has 0 N–H and O–H groups in total. The van der Waals surface area contributed by atoms with Crippen LogP contribution in [0.4, 0.5) is 0 Å². The summed E-state index contributed by atoms with van der Waals surface area (Å²) in [6.45, 7) is 1.89. The Hall–Kier alpha value is -1.62. The predicted octanol–water partition coefficient (Wildman–Crippen LogP) is 3.90. The quantitative estimate of drug-likeness (QED) is 0.807. The summed E-state index contributed by atoms with van der Waals surface area (Å²) in [5.41, 5.74) is 1.76. The molecule has 2 fully saturated rings. The Morgan fingerprint density at radius 3 is 2.65 bits per heavy atom. The van der Waals surface area contributed by atoms with E-state index in [2.05, 4.69) is 4.98 Å². The number of rotatable bonds is 6. The molecule has 122 valence electrons. The first kappa shape index (κ1) is 14.9. The van der Waals surface area contributed by atoms with Crippen LogP contribution in [0.3, 0.4) is 0 Å². The van der Waals surface area contributed by atoms with E-state index in [4.69, 9.17) is 4.42 Å². The van der Waals surface area contributed by atoms with Crippen molar-refractivity contribution in [2.45, 2.75) is 45.1 Å². The molecule has 1 amide bonds. The molecule has 0 unspecified atom stereocenters. The Balaban J connectivity index is 1.48. The van der Waals surface area contributed by atoms with Gasteiger partial charge in [0.1, 0.15) is 5.76 Å². The number of aryl methyl sites for hydroxylation is 1. The maximum absolute atomic E-state index is 12.7. The molecule has 4 rings (SSSR count). The summed E-state index contributed by atoms with van der Waals surface area (Å²) in [5, 5.41) is 4.02. The molecule has 0 saturated heterocycles. The Labute approximate surface area is 140 Å². The molecule has 2 aromatic rings. The molecule has 0 atom stereocenters. The maximum Gasteiger partial charge on any atom is 0.228 e. The van der Waals surface area contributed by atoms with Crippen LogP contribution < -0.4 is 0 Å². The number of carbonyl (C=O) groups excluding carboxylic acids is 1. The molecule has 23 heavy (non-hydrogen) atoms. The minimum absolute atomic E-state index is 0.169. The summed E-state index contributed by atoms with van der Waals surface area (Å²) in [5.74, 6) is 3.01. The first-order chi connectivity index (χ1) is 11.1. The molecule has 2 saturated carbocycles. The summed E-state index contributed by atoms with van der Waals surface area (Å²) in [6, 6.07) is 2.44. The summed E-state index contributed by atoms with van der Waals surface area (Å²) < 4.78 is 5.74. The van der Waals surface area contributed by atoms with Gasteiger partial charge in [-0.05, 0) is 55.9 Å².